The summed E-state index contributed by atoms with van der Waals surface area (Å²) >= 11 is 0. The van der Waals surface area contributed by atoms with Crippen molar-refractivity contribution in [2.24, 2.45) is 17.8 Å². The average Bonchev–Trinajstić information content (AvgIpc) is 2.32. The molecule has 2 heteroatoms. The Morgan fingerprint density at radius 1 is 1.11 bits per heavy atom. The molecule has 1 heterocycles. The lowest BCUT2D eigenvalue weighted by molar-refractivity contribution is 0.0479. The quantitative estimate of drug-likeness (QED) is 0.755. The molecule has 1 saturated heterocycles. The van der Waals surface area contributed by atoms with Crippen molar-refractivity contribution in [3.8, 4) is 6.07 Å². The van der Waals surface area contributed by atoms with E-state index in [9.17, 15) is 0 Å². The lowest BCUT2D eigenvalue weighted by atomic mass is 9.80. The summed E-state index contributed by atoms with van der Waals surface area (Å²) in [5.74, 6) is 2.16. The zero-order valence-corrected chi connectivity index (χ0v) is 12.7. The van der Waals surface area contributed by atoms with Crippen LogP contribution in [0.25, 0.3) is 0 Å². The number of hydrogen-bond donors (Lipinski definition) is 0. The second kappa shape index (κ2) is 7.79. The molecule has 0 aromatic rings. The summed E-state index contributed by atoms with van der Waals surface area (Å²) in [4.78, 5) is 2.53. The van der Waals surface area contributed by atoms with Crippen LogP contribution in [0.2, 0.25) is 0 Å². The van der Waals surface area contributed by atoms with Crippen LogP contribution in [0.4, 0.5) is 0 Å². The monoisotopic (exact) mass is 250 g/mol. The first-order valence-electron chi connectivity index (χ1n) is 7.82. The molecule has 0 atom stereocenters. The van der Waals surface area contributed by atoms with Crippen molar-refractivity contribution in [2.45, 2.75) is 65.8 Å². The summed E-state index contributed by atoms with van der Waals surface area (Å²) in [7, 11) is 0. The Balaban J connectivity index is 0.000000771. The fourth-order valence-electron chi connectivity index (χ4n) is 3.30. The molecule has 0 radical (unpaired) electrons. The van der Waals surface area contributed by atoms with E-state index in [0.717, 1.165) is 31.0 Å². The number of nitrogens with zero attached hydrogens (tertiary/aromatic N) is 2. The van der Waals surface area contributed by atoms with E-state index in [1.54, 1.807) is 0 Å². The second-order valence-electron chi connectivity index (χ2n) is 6.08. The molecule has 2 aliphatic rings. The molecular formula is C16H30N2. The minimum absolute atomic E-state index is 0.327. The Labute approximate surface area is 113 Å². The third-order valence-corrected chi connectivity index (χ3v) is 4.23. The first kappa shape index (κ1) is 15.5. The van der Waals surface area contributed by atoms with Crippen molar-refractivity contribution < 1.29 is 0 Å². The minimum atomic E-state index is 0.327. The predicted molar refractivity (Wildman–Crippen MR) is 77.2 cm³/mol. The van der Waals surface area contributed by atoms with Crippen molar-refractivity contribution in [1.29, 1.82) is 5.26 Å². The number of hydrogen-bond acceptors (Lipinski definition) is 2. The lowest BCUT2D eigenvalue weighted by Gasteiger charge is -2.44. The average molecular weight is 250 g/mol. The molecule has 0 spiro atoms. The maximum atomic E-state index is 8.77. The van der Waals surface area contributed by atoms with E-state index in [1.807, 2.05) is 13.8 Å². The van der Waals surface area contributed by atoms with Crippen LogP contribution >= 0.6 is 0 Å². The van der Waals surface area contributed by atoms with Gasteiger partial charge in [-0.25, -0.2) is 0 Å². The molecule has 0 aromatic heterocycles. The Kier molecular flexibility index (Phi) is 6.71. The summed E-state index contributed by atoms with van der Waals surface area (Å²) < 4.78 is 0. The van der Waals surface area contributed by atoms with E-state index in [-0.39, 0.29) is 0 Å². The van der Waals surface area contributed by atoms with E-state index in [2.05, 4.69) is 24.8 Å². The van der Waals surface area contributed by atoms with E-state index in [0.29, 0.717) is 5.92 Å². The minimum Gasteiger partial charge on any atom is -0.298 e. The van der Waals surface area contributed by atoms with Crippen LogP contribution in [0.1, 0.15) is 59.8 Å². The zero-order chi connectivity index (χ0) is 13.5. The molecule has 0 unspecified atom stereocenters. The first-order valence-corrected chi connectivity index (χ1v) is 7.82. The van der Waals surface area contributed by atoms with Crippen molar-refractivity contribution in [3.05, 3.63) is 0 Å². The van der Waals surface area contributed by atoms with E-state index < -0.39 is 0 Å². The van der Waals surface area contributed by atoms with Crippen LogP contribution in [0.3, 0.4) is 0 Å². The lowest BCUT2D eigenvalue weighted by Crippen LogP contribution is -2.52. The van der Waals surface area contributed by atoms with Gasteiger partial charge in [0.25, 0.3) is 0 Å². The van der Waals surface area contributed by atoms with Gasteiger partial charge in [-0.05, 0) is 43.9 Å². The summed E-state index contributed by atoms with van der Waals surface area (Å²) in [6, 6.07) is 3.16. The fraction of sp³-hybridized carbons (Fsp3) is 0.938. The van der Waals surface area contributed by atoms with Gasteiger partial charge in [-0.3, -0.25) is 4.90 Å². The molecule has 2 fully saturated rings. The Hall–Kier alpha value is -0.550. The third-order valence-electron chi connectivity index (χ3n) is 4.23. The van der Waals surface area contributed by atoms with Gasteiger partial charge in [0.15, 0.2) is 0 Å². The van der Waals surface area contributed by atoms with Crippen LogP contribution in [-0.4, -0.2) is 24.0 Å². The fourth-order valence-corrected chi connectivity index (χ4v) is 3.30. The molecule has 0 bridgehead atoms. The highest BCUT2D eigenvalue weighted by Gasteiger charge is 2.34. The van der Waals surface area contributed by atoms with E-state index >= 15 is 0 Å². The molecule has 1 aliphatic carbocycles. The molecular weight excluding hydrogens is 220 g/mol. The summed E-state index contributed by atoms with van der Waals surface area (Å²) in [5.41, 5.74) is 0. The molecule has 1 saturated carbocycles. The molecule has 0 N–H and O–H groups in total. The van der Waals surface area contributed by atoms with E-state index in [4.69, 9.17) is 5.26 Å². The van der Waals surface area contributed by atoms with Gasteiger partial charge in [-0.1, -0.05) is 27.7 Å². The van der Waals surface area contributed by atoms with Gasteiger partial charge in [0.1, 0.15) is 0 Å². The van der Waals surface area contributed by atoms with Crippen LogP contribution in [0.15, 0.2) is 0 Å². The maximum absolute atomic E-state index is 8.77. The Morgan fingerprint density at radius 3 is 2.11 bits per heavy atom. The molecule has 2 nitrogen and oxygen atoms in total. The smallest absolute Gasteiger partial charge is 0.0717 e. The van der Waals surface area contributed by atoms with Crippen molar-refractivity contribution in [2.75, 3.05) is 13.1 Å². The number of likely N-dealkylation sites (tertiary alicyclic amines) is 1. The third kappa shape index (κ3) is 4.28. The highest BCUT2D eigenvalue weighted by molar-refractivity contribution is 4.98. The zero-order valence-electron chi connectivity index (χ0n) is 12.7. The van der Waals surface area contributed by atoms with Gasteiger partial charge >= 0.3 is 0 Å². The van der Waals surface area contributed by atoms with Crippen LogP contribution in [-0.2, 0) is 0 Å². The second-order valence-corrected chi connectivity index (χ2v) is 6.08. The summed E-state index contributed by atoms with van der Waals surface area (Å²) in [5, 5.41) is 8.77. The molecule has 0 aromatic carbocycles. The molecule has 0 amide bonds. The Bertz CT molecular complexity index is 253. The summed E-state index contributed by atoms with van der Waals surface area (Å²) in [6.45, 7) is 10.7. The van der Waals surface area contributed by atoms with Gasteiger partial charge in [-0.15, -0.1) is 0 Å². The van der Waals surface area contributed by atoms with Crippen molar-refractivity contribution in [3.63, 3.8) is 0 Å². The van der Waals surface area contributed by atoms with Crippen LogP contribution < -0.4 is 0 Å². The van der Waals surface area contributed by atoms with Gasteiger partial charge in [0.2, 0.25) is 0 Å². The van der Waals surface area contributed by atoms with Crippen molar-refractivity contribution in [1.82, 2.24) is 4.90 Å². The molecule has 2 rings (SSSR count). The highest BCUT2D eigenvalue weighted by Crippen LogP contribution is 2.34. The van der Waals surface area contributed by atoms with Crippen LogP contribution in [0.5, 0.6) is 0 Å². The van der Waals surface area contributed by atoms with Gasteiger partial charge in [0, 0.05) is 19.1 Å². The highest BCUT2D eigenvalue weighted by atomic mass is 15.2. The van der Waals surface area contributed by atoms with Gasteiger partial charge < -0.3 is 0 Å². The normalized spacial score (nSPS) is 29.1. The molecule has 104 valence electrons. The summed E-state index contributed by atoms with van der Waals surface area (Å²) in [6.07, 6.45) is 6.98. The van der Waals surface area contributed by atoms with Crippen molar-refractivity contribution >= 4 is 0 Å². The Morgan fingerprint density at radius 2 is 1.67 bits per heavy atom. The topological polar surface area (TPSA) is 27.0 Å². The van der Waals surface area contributed by atoms with Gasteiger partial charge in [-0.2, -0.15) is 5.26 Å². The van der Waals surface area contributed by atoms with E-state index in [1.165, 1.54) is 32.1 Å². The number of nitriles is 1. The molecule has 1 aliphatic heterocycles. The standard InChI is InChI=1S/C14H24N2.C2H6/c1-11(2)7-12-3-5-14(6-4-12)16-9-13(8-15)10-16;1-2/h11-14H,3-7,9-10H2,1-2H3;1-2H3. The molecule has 18 heavy (non-hydrogen) atoms. The van der Waals surface area contributed by atoms with Gasteiger partial charge in [0.05, 0.1) is 12.0 Å². The maximum Gasteiger partial charge on any atom is 0.0717 e. The predicted octanol–water partition coefficient (Wildman–Crippen LogP) is 4.07. The first-order chi connectivity index (χ1) is 8.69. The van der Waals surface area contributed by atoms with Crippen LogP contribution in [0, 0.1) is 29.1 Å². The largest absolute Gasteiger partial charge is 0.298 e. The number of rotatable bonds is 3. The SMILES string of the molecule is CC.CC(C)CC1CCC(N2CC(C#N)C2)CC1.